The Morgan fingerprint density at radius 1 is 1.33 bits per heavy atom. The normalized spacial score (nSPS) is 34.4. The van der Waals surface area contributed by atoms with Gasteiger partial charge in [-0.05, 0) is 44.7 Å². The molecule has 4 nitrogen and oxygen atoms in total. The van der Waals surface area contributed by atoms with E-state index in [0.717, 1.165) is 37.9 Å². The van der Waals surface area contributed by atoms with Gasteiger partial charge in [0.1, 0.15) is 5.84 Å². The Labute approximate surface area is 110 Å². The van der Waals surface area contributed by atoms with E-state index in [4.69, 9.17) is 10.9 Å². The summed E-state index contributed by atoms with van der Waals surface area (Å²) in [5.74, 6) is 1.28. The quantitative estimate of drug-likeness (QED) is 0.344. The average molecular weight is 253 g/mol. The minimum absolute atomic E-state index is 0.106. The largest absolute Gasteiger partial charge is 0.409 e. The van der Waals surface area contributed by atoms with Crippen molar-refractivity contribution in [3.8, 4) is 0 Å². The first kappa shape index (κ1) is 13.7. The molecule has 3 N–H and O–H groups in total. The van der Waals surface area contributed by atoms with E-state index in [2.05, 4.69) is 23.9 Å². The van der Waals surface area contributed by atoms with E-state index in [9.17, 15) is 0 Å². The van der Waals surface area contributed by atoms with E-state index in [-0.39, 0.29) is 5.41 Å². The van der Waals surface area contributed by atoms with Crippen LogP contribution in [-0.2, 0) is 0 Å². The van der Waals surface area contributed by atoms with Crippen LogP contribution in [0.1, 0.15) is 52.4 Å². The maximum absolute atomic E-state index is 8.85. The van der Waals surface area contributed by atoms with Gasteiger partial charge in [-0.15, -0.1) is 0 Å². The molecule has 1 saturated carbocycles. The van der Waals surface area contributed by atoms with Crippen LogP contribution in [0.4, 0.5) is 0 Å². The Hall–Kier alpha value is -0.770. The Balaban J connectivity index is 1.90. The predicted octanol–water partition coefficient (Wildman–Crippen LogP) is 2.41. The van der Waals surface area contributed by atoms with Crippen LogP contribution in [0.2, 0.25) is 0 Å². The molecule has 0 spiro atoms. The van der Waals surface area contributed by atoms with Gasteiger partial charge in [0.2, 0.25) is 0 Å². The highest BCUT2D eigenvalue weighted by molar-refractivity contribution is 5.85. The molecule has 104 valence electrons. The Bertz CT molecular complexity index is 308. The SMILES string of the molecule is CC1CCCC(N2CCC(C)(C(N)=NO)CC2)C1. The van der Waals surface area contributed by atoms with Gasteiger partial charge in [-0.3, -0.25) is 0 Å². The van der Waals surface area contributed by atoms with Gasteiger partial charge in [0, 0.05) is 11.5 Å². The van der Waals surface area contributed by atoms with E-state index in [1.807, 2.05) is 0 Å². The number of hydrogen-bond donors (Lipinski definition) is 2. The molecule has 4 heteroatoms. The first-order valence-corrected chi connectivity index (χ1v) is 7.27. The molecule has 0 amide bonds. The smallest absolute Gasteiger partial charge is 0.145 e. The number of likely N-dealkylation sites (tertiary alicyclic amines) is 1. The Morgan fingerprint density at radius 3 is 2.56 bits per heavy atom. The fraction of sp³-hybridized carbons (Fsp3) is 0.929. The van der Waals surface area contributed by atoms with Crippen molar-refractivity contribution in [1.82, 2.24) is 4.90 Å². The van der Waals surface area contributed by atoms with Gasteiger partial charge in [0.15, 0.2) is 0 Å². The third-order valence-electron chi connectivity index (χ3n) is 5.05. The first-order valence-electron chi connectivity index (χ1n) is 7.27. The van der Waals surface area contributed by atoms with Crippen LogP contribution >= 0.6 is 0 Å². The van der Waals surface area contributed by atoms with Gasteiger partial charge in [0.05, 0.1) is 0 Å². The number of oxime groups is 1. The lowest BCUT2D eigenvalue weighted by molar-refractivity contribution is 0.0808. The van der Waals surface area contributed by atoms with Crippen molar-refractivity contribution in [2.45, 2.75) is 58.4 Å². The van der Waals surface area contributed by atoms with Crippen molar-refractivity contribution in [3.05, 3.63) is 0 Å². The number of nitrogens with two attached hydrogens (primary N) is 1. The van der Waals surface area contributed by atoms with Crippen molar-refractivity contribution in [3.63, 3.8) is 0 Å². The van der Waals surface area contributed by atoms with Gasteiger partial charge in [-0.2, -0.15) is 0 Å². The highest BCUT2D eigenvalue weighted by Gasteiger charge is 2.36. The lowest BCUT2D eigenvalue weighted by atomic mass is 9.77. The van der Waals surface area contributed by atoms with Crippen molar-refractivity contribution in [2.24, 2.45) is 22.2 Å². The summed E-state index contributed by atoms with van der Waals surface area (Å²) < 4.78 is 0. The van der Waals surface area contributed by atoms with E-state index in [1.54, 1.807) is 0 Å². The number of nitrogens with zero attached hydrogens (tertiary/aromatic N) is 2. The molecule has 1 heterocycles. The zero-order valence-electron chi connectivity index (χ0n) is 11.7. The topological polar surface area (TPSA) is 61.8 Å². The molecule has 0 bridgehead atoms. The summed E-state index contributed by atoms with van der Waals surface area (Å²) in [7, 11) is 0. The van der Waals surface area contributed by atoms with E-state index in [0.29, 0.717) is 5.84 Å². The van der Waals surface area contributed by atoms with Crippen LogP contribution in [0.3, 0.4) is 0 Å². The summed E-state index contributed by atoms with van der Waals surface area (Å²) in [6, 6.07) is 0.769. The average Bonchev–Trinajstić information content (AvgIpc) is 2.38. The Kier molecular flexibility index (Phi) is 4.15. The molecular formula is C14H27N3O. The number of piperidine rings is 1. The number of rotatable bonds is 2. The fourth-order valence-electron chi connectivity index (χ4n) is 3.49. The molecule has 2 atom stereocenters. The minimum atomic E-state index is -0.106. The summed E-state index contributed by atoms with van der Waals surface area (Å²) in [6.07, 6.45) is 7.48. The van der Waals surface area contributed by atoms with Crippen molar-refractivity contribution in [2.75, 3.05) is 13.1 Å². The molecule has 1 aliphatic heterocycles. The molecule has 0 aromatic carbocycles. The molecule has 2 unspecified atom stereocenters. The highest BCUT2D eigenvalue weighted by Crippen LogP contribution is 2.35. The summed E-state index contributed by atoms with van der Waals surface area (Å²) in [4.78, 5) is 2.63. The molecule has 1 aliphatic carbocycles. The maximum Gasteiger partial charge on any atom is 0.145 e. The zero-order chi connectivity index (χ0) is 13.2. The van der Waals surface area contributed by atoms with Crippen molar-refractivity contribution in [1.29, 1.82) is 0 Å². The second kappa shape index (κ2) is 5.47. The summed E-state index contributed by atoms with van der Waals surface area (Å²) in [5, 5.41) is 12.1. The monoisotopic (exact) mass is 253 g/mol. The number of hydrogen-bond acceptors (Lipinski definition) is 3. The van der Waals surface area contributed by atoms with Crippen LogP contribution in [0.15, 0.2) is 5.16 Å². The maximum atomic E-state index is 8.85. The molecule has 2 rings (SSSR count). The van der Waals surface area contributed by atoms with Gasteiger partial charge in [-0.25, -0.2) is 0 Å². The predicted molar refractivity (Wildman–Crippen MR) is 73.7 cm³/mol. The lowest BCUT2D eigenvalue weighted by Crippen LogP contribution is -2.49. The van der Waals surface area contributed by atoms with Crippen molar-refractivity contribution >= 4 is 5.84 Å². The molecule has 0 radical (unpaired) electrons. The van der Waals surface area contributed by atoms with E-state index in [1.165, 1.54) is 25.7 Å². The minimum Gasteiger partial charge on any atom is -0.409 e. The first-order chi connectivity index (χ1) is 8.55. The van der Waals surface area contributed by atoms with Crippen LogP contribution in [0.25, 0.3) is 0 Å². The fourth-order valence-corrected chi connectivity index (χ4v) is 3.49. The van der Waals surface area contributed by atoms with E-state index < -0.39 is 0 Å². The lowest BCUT2D eigenvalue weighted by Gasteiger charge is -2.44. The standard InChI is InChI=1S/C14H27N3O/c1-11-4-3-5-12(10-11)17-8-6-14(2,7-9-17)13(15)16-18/h11-12,18H,3-10H2,1-2H3,(H2,15,16). The molecule has 1 saturated heterocycles. The third kappa shape index (κ3) is 2.79. The van der Waals surface area contributed by atoms with Crippen LogP contribution in [0, 0.1) is 11.3 Å². The van der Waals surface area contributed by atoms with Gasteiger partial charge >= 0.3 is 0 Å². The molecule has 18 heavy (non-hydrogen) atoms. The second-order valence-electron chi connectivity index (χ2n) is 6.51. The van der Waals surface area contributed by atoms with Crippen molar-refractivity contribution < 1.29 is 5.21 Å². The van der Waals surface area contributed by atoms with Gasteiger partial charge < -0.3 is 15.8 Å². The van der Waals surface area contributed by atoms with Crippen LogP contribution in [-0.4, -0.2) is 35.1 Å². The molecule has 2 fully saturated rings. The molecule has 0 aromatic heterocycles. The van der Waals surface area contributed by atoms with E-state index >= 15 is 0 Å². The van der Waals surface area contributed by atoms with Crippen LogP contribution < -0.4 is 5.73 Å². The summed E-state index contributed by atoms with van der Waals surface area (Å²) >= 11 is 0. The molecule has 2 aliphatic rings. The summed E-state index contributed by atoms with van der Waals surface area (Å²) in [6.45, 7) is 6.66. The van der Waals surface area contributed by atoms with Gasteiger partial charge in [0.25, 0.3) is 0 Å². The molecular weight excluding hydrogens is 226 g/mol. The summed E-state index contributed by atoms with van der Waals surface area (Å²) in [5.41, 5.74) is 5.70. The number of amidine groups is 1. The Morgan fingerprint density at radius 2 is 2.00 bits per heavy atom. The molecule has 0 aromatic rings. The zero-order valence-corrected chi connectivity index (χ0v) is 11.7. The van der Waals surface area contributed by atoms with Gasteiger partial charge in [-0.1, -0.05) is 31.8 Å². The second-order valence-corrected chi connectivity index (χ2v) is 6.51. The highest BCUT2D eigenvalue weighted by atomic mass is 16.4. The third-order valence-corrected chi connectivity index (χ3v) is 5.05. The van der Waals surface area contributed by atoms with Crippen LogP contribution in [0.5, 0.6) is 0 Å².